The van der Waals surface area contributed by atoms with Gasteiger partial charge in [0.15, 0.2) is 0 Å². The zero-order valence-electron chi connectivity index (χ0n) is 38.1. The smallest absolute Gasteiger partial charge is 0.143 e. The molecule has 326 valence electrons. The molecule has 2 heterocycles. The Morgan fingerprint density at radius 2 is 0.914 bits per heavy atom. The van der Waals surface area contributed by atoms with Crippen LogP contribution in [0.2, 0.25) is 0 Å². The first kappa shape index (κ1) is 38.9. The highest BCUT2D eigenvalue weighted by atomic mass is 16.3. The molecule has 70 heavy (non-hydrogen) atoms. The van der Waals surface area contributed by atoms with E-state index in [9.17, 15) is 0 Å². The summed E-state index contributed by atoms with van der Waals surface area (Å²) in [5, 5.41) is 4.64. The van der Waals surface area contributed by atoms with Gasteiger partial charge in [0.2, 0.25) is 0 Å². The van der Waals surface area contributed by atoms with E-state index in [2.05, 4.69) is 264 Å². The van der Waals surface area contributed by atoms with Crippen LogP contribution in [0.3, 0.4) is 0 Å². The Bertz CT molecular complexity index is 4190. The van der Waals surface area contributed by atoms with E-state index in [1.54, 1.807) is 0 Å². The summed E-state index contributed by atoms with van der Waals surface area (Å²) in [6, 6.07) is 93.5. The molecule has 0 saturated carbocycles. The Labute approximate surface area is 405 Å². The number of hydrogen-bond acceptors (Lipinski definition) is 2. The van der Waals surface area contributed by atoms with Gasteiger partial charge in [0, 0.05) is 44.0 Å². The van der Waals surface area contributed by atoms with Crippen LogP contribution in [0, 0.1) is 0 Å². The number of aromatic nitrogens is 1. The lowest BCUT2D eigenvalue weighted by Crippen LogP contribution is -2.26. The molecule has 0 radical (unpaired) electrons. The molecule has 2 aliphatic carbocycles. The van der Waals surface area contributed by atoms with Crippen molar-refractivity contribution in [2.75, 3.05) is 4.90 Å². The molecule has 3 nitrogen and oxygen atoms in total. The molecule has 2 aliphatic rings. The van der Waals surface area contributed by atoms with Gasteiger partial charge in [-0.05, 0) is 116 Å². The lowest BCUT2D eigenvalue weighted by atomic mass is 9.70. The largest absolute Gasteiger partial charge is 0.455 e. The summed E-state index contributed by atoms with van der Waals surface area (Å²) in [6.07, 6.45) is 0. The van der Waals surface area contributed by atoms with Crippen molar-refractivity contribution in [3.8, 4) is 50.2 Å². The fraction of sp³-hybridized carbons (Fsp3) is 0.0149. The van der Waals surface area contributed by atoms with Crippen molar-refractivity contribution >= 4 is 60.8 Å². The lowest BCUT2D eigenvalue weighted by molar-refractivity contribution is 0.670. The molecule has 0 unspecified atom stereocenters. The lowest BCUT2D eigenvalue weighted by Gasteiger charge is -2.32. The van der Waals surface area contributed by atoms with E-state index in [4.69, 9.17) is 4.42 Å². The first-order valence-electron chi connectivity index (χ1n) is 24.2. The monoisotopic (exact) mass is 890 g/mol. The Morgan fingerprint density at radius 1 is 0.357 bits per heavy atom. The molecule has 0 fully saturated rings. The molecule has 0 aliphatic heterocycles. The summed E-state index contributed by atoms with van der Waals surface area (Å²) in [5.74, 6) is 0. The van der Waals surface area contributed by atoms with E-state index in [1.807, 2.05) is 0 Å². The van der Waals surface area contributed by atoms with E-state index >= 15 is 0 Å². The minimum atomic E-state index is -0.474. The zero-order valence-corrected chi connectivity index (χ0v) is 38.1. The highest BCUT2D eigenvalue weighted by Gasteiger charge is 2.52. The van der Waals surface area contributed by atoms with Gasteiger partial charge >= 0.3 is 0 Å². The standard InChI is InChI=1S/C67H42N2O/c1-3-18-44(19-4-1)48-26-15-27-51-54-42-45(38-41-63(54)70-66(48)51)43-36-39-47(40-37-43)69(62-35-17-34-61-65(62)53-25-10-14-32-59(53)68(61)46-20-5-2-6-21-46)60-33-16-31-58-64(60)52-24-9-13-30-57(52)67(58)55-28-11-7-22-49(55)50-23-8-12-29-56(50)67/h1-42H. The molecule has 13 aromatic rings. The van der Waals surface area contributed by atoms with Gasteiger partial charge in [0.05, 0.1) is 27.8 Å². The third kappa shape index (κ3) is 5.34. The van der Waals surface area contributed by atoms with Crippen LogP contribution in [-0.2, 0) is 5.41 Å². The number of para-hydroxylation sites is 3. The number of fused-ring (bicyclic) bond motifs is 16. The zero-order chi connectivity index (χ0) is 45.9. The van der Waals surface area contributed by atoms with Crippen molar-refractivity contribution in [3.05, 3.63) is 277 Å². The normalized spacial score (nSPS) is 13.0. The summed E-state index contributed by atoms with van der Waals surface area (Å²) in [6.45, 7) is 0. The fourth-order valence-electron chi connectivity index (χ4n) is 12.4. The number of furan rings is 1. The topological polar surface area (TPSA) is 21.3 Å². The predicted molar refractivity (Wildman–Crippen MR) is 290 cm³/mol. The van der Waals surface area contributed by atoms with E-state index in [0.29, 0.717) is 0 Å². The minimum Gasteiger partial charge on any atom is -0.455 e. The van der Waals surface area contributed by atoms with Gasteiger partial charge in [-0.1, -0.05) is 194 Å². The van der Waals surface area contributed by atoms with Crippen LogP contribution in [0.5, 0.6) is 0 Å². The molecular weight excluding hydrogens is 849 g/mol. The molecular formula is C67H42N2O. The van der Waals surface area contributed by atoms with E-state index < -0.39 is 5.41 Å². The van der Waals surface area contributed by atoms with Gasteiger partial charge in [0.1, 0.15) is 11.2 Å². The summed E-state index contributed by atoms with van der Waals surface area (Å²) in [5.41, 5.74) is 23.1. The second-order valence-corrected chi connectivity index (χ2v) is 18.7. The van der Waals surface area contributed by atoms with Crippen LogP contribution in [0.25, 0.3) is 93.9 Å². The van der Waals surface area contributed by atoms with Crippen LogP contribution in [-0.4, -0.2) is 4.57 Å². The summed E-state index contributed by atoms with van der Waals surface area (Å²) in [7, 11) is 0. The van der Waals surface area contributed by atoms with Gasteiger partial charge in [-0.3, -0.25) is 0 Å². The maximum Gasteiger partial charge on any atom is 0.143 e. The van der Waals surface area contributed by atoms with E-state index in [-0.39, 0.29) is 0 Å². The highest BCUT2D eigenvalue weighted by Crippen LogP contribution is 2.65. The highest BCUT2D eigenvalue weighted by molar-refractivity contribution is 6.17. The molecule has 2 aromatic heterocycles. The third-order valence-corrected chi connectivity index (χ3v) is 15.2. The molecule has 15 rings (SSSR count). The fourth-order valence-corrected chi connectivity index (χ4v) is 12.4. The number of hydrogen-bond donors (Lipinski definition) is 0. The summed E-state index contributed by atoms with van der Waals surface area (Å²) >= 11 is 0. The molecule has 0 saturated heterocycles. The van der Waals surface area contributed by atoms with Gasteiger partial charge in [-0.15, -0.1) is 0 Å². The first-order chi connectivity index (χ1) is 34.8. The third-order valence-electron chi connectivity index (χ3n) is 15.2. The second kappa shape index (κ2) is 14.9. The van der Waals surface area contributed by atoms with Crippen LogP contribution in [0.15, 0.2) is 259 Å². The maximum atomic E-state index is 6.60. The average molecular weight is 891 g/mol. The Kier molecular flexibility index (Phi) is 8.28. The van der Waals surface area contributed by atoms with Crippen molar-refractivity contribution in [2.24, 2.45) is 0 Å². The van der Waals surface area contributed by atoms with Crippen molar-refractivity contribution in [3.63, 3.8) is 0 Å². The van der Waals surface area contributed by atoms with E-state index in [0.717, 1.165) is 72.5 Å². The van der Waals surface area contributed by atoms with Crippen molar-refractivity contribution in [1.82, 2.24) is 4.57 Å². The van der Waals surface area contributed by atoms with Crippen LogP contribution >= 0.6 is 0 Å². The Balaban J connectivity index is 0.967. The summed E-state index contributed by atoms with van der Waals surface area (Å²) in [4.78, 5) is 2.53. The van der Waals surface area contributed by atoms with E-state index in [1.165, 1.54) is 60.8 Å². The number of rotatable bonds is 6. The van der Waals surface area contributed by atoms with Crippen molar-refractivity contribution < 1.29 is 4.42 Å². The molecule has 0 amide bonds. The Morgan fingerprint density at radius 3 is 1.69 bits per heavy atom. The van der Waals surface area contributed by atoms with Gasteiger partial charge < -0.3 is 13.9 Å². The van der Waals surface area contributed by atoms with Crippen molar-refractivity contribution in [1.29, 1.82) is 0 Å². The molecule has 0 atom stereocenters. The van der Waals surface area contributed by atoms with Gasteiger partial charge in [0.25, 0.3) is 0 Å². The van der Waals surface area contributed by atoms with Crippen LogP contribution in [0.1, 0.15) is 22.3 Å². The van der Waals surface area contributed by atoms with Crippen LogP contribution in [0.4, 0.5) is 17.1 Å². The number of nitrogens with zero attached hydrogens (tertiary/aromatic N) is 2. The molecule has 11 aromatic carbocycles. The average Bonchev–Trinajstić information content (AvgIpc) is 4.16. The maximum absolute atomic E-state index is 6.60. The van der Waals surface area contributed by atoms with Gasteiger partial charge in [-0.25, -0.2) is 0 Å². The molecule has 3 heteroatoms. The number of benzene rings is 11. The predicted octanol–water partition coefficient (Wildman–Crippen LogP) is 17.8. The SMILES string of the molecule is c1ccc(-c2cccc3c2oc2ccc(-c4ccc(N(c5cccc6c5-c5ccccc5C65c6ccccc6-c6ccccc65)c5cccc6c5c5ccccc5n6-c5ccccc5)cc4)cc23)cc1. The molecule has 0 bridgehead atoms. The molecule has 0 N–H and O–H groups in total. The quantitative estimate of drug-likeness (QED) is 0.166. The summed E-state index contributed by atoms with van der Waals surface area (Å²) < 4.78 is 9.02. The Hall–Kier alpha value is -9.18. The van der Waals surface area contributed by atoms with Crippen molar-refractivity contribution in [2.45, 2.75) is 5.41 Å². The molecule has 1 spiro atoms. The van der Waals surface area contributed by atoms with Crippen LogP contribution < -0.4 is 4.90 Å². The number of anilines is 3. The minimum absolute atomic E-state index is 0.474. The van der Waals surface area contributed by atoms with Gasteiger partial charge in [-0.2, -0.15) is 0 Å². The first-order valence-corrected chi connectivity index (χ1v) is 24.2. The second-order valence-electron chi connectivity index (χ2n) is 18.7.